The molecule has 0 unspecified atom stereocenters. The van der Waals surface area contributed by atoms with E-state index >= 15 is 0 Å². The van der Waals surface area contributed by atoms with Gasteiger partial charge in [0.25, 0.3) is 0 Å². The number of unbranched alkanes of at least 4 members (excludes halogenated alkanes) is 1. The highest BCUT2D eigenvalue weighted by molar-refractivity contribution is 5.86. The third-order valence-electron chi connectivity index (χ3n) is 8.87. The quantitative estimate of drug-likeness (QED) is 0.0942. The van der Waals surface area contributed by atoms with Crippen LogP contribution in [0.1, 0.15) is 61.6 Å². The van der Waals surface area contributed by atoms with Crippen molar-refractivity contribution in [2.45, 2.75) is 76.5 Å². The molecule has 3 aromatic carbocycles. The van der Waals surface area contributed by atoms with Crippen molar-refractivity contribution in [2.75, 3.05) is 19.8 Å². The molecule has 0 fully saturated rings. The molecular weight excluding hydrogens is 646 g/mol. The molecule has 272 valence electrons. The van der Waals surface area contributed by atoms with Gasteiger partial charge in [0.05, 0.1) is 30.5 Å². The summed E-state index contributed by atoms with van der Waals surface area (Å²) in [6.45, 7) is 0.336. The monoisotopic (exact) mass is 697 g/mol. The van der Waals surface area contributed by atoms with Crippen LogP contribution in [0.2, 0.25) is 0 Å². The summed E-state index contributed by atoms with van der Waals surface area (Å²) in [7, 11) is 0. The second kappa shape index (κ2) is 22.0. The number of ether oxygens (including phenoxy) is 2. The van der Waals surface area contributed by atoms with Gasteiger partial charge in [-0.1, -0.05) is 103 Å². The standard InChI is InChI=1S/C41H51N3O7/c45-28-37(26-32-17-7-2-8-18-32)43-38(46)27-34-21-11-4-12-22-35(25-31-15-5-1-6-16-31)40(48)50-30-36(44-39(34)47)23-13-14-24-42-41(49)51-29-33-19-9-3-10-20-33/h1-11,15-20,34-37,45H,12-14,21-30H2,(H,42,49)(H,43,46)(H,44,47)/t34-,35-,36+,37-/m1/s1. The van der Waals surface area contributed by atoms with E-state index in [1.54, 1.807) is 0 Å². The zero-order chi connectivity index (χ0) is 36.1. The first-order chi connectivity index (χ1) is 24.9. The van der Waals surface area contributed by atoms with E-state index in [-0.39, 0.29) is 49.9 Å². The lowest BCUT2D eigenvalue weighted by Gasteiger charge is -2.24. The van der Waals surface area contributed by atoms with Crippen molar-refractivity contribution in [1.82, 2.24) is 16.0 Å². The number of cyclic esters (lactones) is 1. The summed E-state index contributed by atoms with van der Waals surface area (Å²) < 4.78 is 11.1. The molecule has 3 aromatic rings. The molecule has 3 amide bonds. The van der Waals surface area contributed by atoms with E-state index in [4.69, 9.17) is 9.47 Å². The van der Waals surface area contributed by atoms with Gasteiger partial charge in [0, 0.05) is 13.0 Å². The lowest BCUT2D eigenvalue weighted by molar-refractivity contribution is -0.150. The van der Waals surface area contributed by atoms with Gasteiger partial charge in [-0.2, -0.15) is 0 Å². The minimum atomic E-state index is -0.655. The zero-order valence-electron chi connectivity index (χ0n) is 29.2. The average molecular weight is 698 g/mol. The maximum atomic E-state index is 13.7. The first-order valence-electron chi connectivity index (χ1n) is 17.9. The van der Waals surface area contributed by atoms with E-state index < -0.39 is 24.1 Å². The van der Waals surface area contributed by atoms with Crippen molar-refractivity contribution >= 4 is 23.9 Å². The van der Waals surface area contributed by atoms with Gasteiger partial charge in [-0.3, -0.25) is 14.4 Å². The van der Waals surface area contributed by atoms with Gasteiger partial charge >= 0.3 is 12.1 Å². The third kappa shape index (κ3) is 14.8. The van der Waals surface area contributed by atoms with Crippen molar-refractivity contribution in [3.63, 3.8) is 0 Å². The predicted molar refractivity (Wildman–Crippen MR) is 195 cm³/mol. The number of carbonyl (C=O) groups is 4. The van der Waals surface area contributed by atoms with Crippen molar-refractivity contribution in [2.24, 2.45) is 11.8 Å². The van der Waals surface area contributed by atoms with E-state index in [0.717, 1.165) is 16.7 Å². The smallest absolute Gasteiger partial charge is 0.407 e. The SMILES string of the molecule is O=C(C[C@H]1CC=CCC[C@H](Cc2ccccc2)C(=O)OC[C@H](CCCCNC(=O)OCc2ccccc2)NC1=O)N[C@@H](CO)Cc1ccccc1. The number of amides is 3. The maximum Gasteiger partial charge on any atom is 0.407 e. The van der Waals surface area contributed by atoms with Gasteiger partial charge < -0.3 is 30.5 Å². The van der Waals surface area contributed by atoms with Crippen molar-refractivity contribution < 1.29 is 33.8 Å². The first-order valence-corrected chi connectivity index (χ1v) is 17.9. The van der Waals surface area contributed by atoms with Crippen LogP contribution in [0, 0.1) is 11.8 Å². The molecule has 0 bridgehead atoms. The van der Waals surface area contributed by atoms with E-state index in [2.05, 4.69) is 16.0 Å². The Labute approximate surface area is 301 Å². The minimum absolute atomic E-state index is 0.00157. The summed E-state index contributed by atoms with van der Waals surface area (Å²) in [4.78, 5) is 52.4. The Morgan fingerprint density at radius 3 is 2.22 bits per heavy atom. The number of hydrogen-bond donors (Lipinski definition) is 4. The lowest BCUT2D eigenvalue weighted by atomic mass is 9.94. The number of carbonyl (C=O) groups excluding carboxylic acids is 4. The fourth-order valence-electron chi connectivity index (χ4n) is 6.03. The number of nitrogens with one attached hydrogen (secondary N) is 3. The molecule has 10 heteroatoms. The van der Waals surface area contributed by atoms with Crippen LogP contribution in [0.5, 0.6) is 0 Å². The van der Waals surface area contributed by atoms with E-state index in [1.807, 2.05) is 103 Å². The van der Waals surface area contributed by atoms with Crippen LogP contribution in [0.4, 0.5) is 4.79 Å². The van der Waals surface area contributed by atoms with E-state index in [9.17, 15) is 24.3 Å². The van der Waals surface area contributed by atoms with Crippen LogP contribution in [0.25, 0.3) is 0 Å². The molecule has 0 radical (unpaired) electrons. The fraction of sp³-hybridized carbons (Fsp3) is 0.415. The number of aliphatic hydroxyl groups excluding tert-OH is 1. The van der Waals surface area contributed by atoms with Crippen LogP contribution in [-0.2, 0) is 43.3 Å². The number of allylic oxidation sites excluding steroid dienone is 2. The number of benzene rings is 3. The molecule has 4 rings (SSSR count). The second-order valence-corrected chi connectivity index (χ2v) is 13.0. The van der Waals surface area contributed by atoms with Crippen LogP contribution in [0.3, 0.4) is 0 Å². The number of rotatable bonds is 15. The Hall–Kier alpha value is -4.96. The number of aliphatic hydroxyl groups is 1. The fourth-order valence-corrected chi connectivity index (χ4v) is 6.03. The molecule has 0 saturated heterocycles. The second-order valence-electron chi connectivity index (χ2n) is 13.0. The Morgan fingerprint density at radius 2 is 1.53 bits per heavy atom. The lowest BCUT2D eigenvalue weighted by Crippen LogP contribution is -2.45. The average Bonchev–Trinajstić information content (AvgIpc) is 3.16. The van der Waals surface area contributed by atoms with E-state index in [0.29, 0.717) is 57.9 Å². The Kier molecular flexibility index (Phi) is 16.7. The van der Waals surface area contributed by atoms with Gasteiger partial charge in [0.2, 0.25) is 11.8 Å². The number of alkyl carbamates (subject to hydrolysis) is 1. The molecule has 1 aliphatic heterocycles. The number of hydrogen-bond acceptors (Lipinski definition) is 7. The zero-order valence-corrected chi connectivity index (χ0v) is 29.2. The molecule has 0 aliphatic carbocycles. The normalized spacial score (nSPS) is 18.9. The van der Waals surface area contributed by atoms with E-state index in [1.165, 1.54) is 0 Å². The van der Waals surface area contributed by atoms with Gasteiger partial charge in [-0.15, -0.1) is 0 Å². The van der Waals surface area contributed by atoms with Gasteiger partial charge in [-0.05, 0) is 68.1 Å². The molecule has 0 aromatic heterocycles. The van der Waals surface area contributed by atoms with Crippen molar-refractivity contribution in [3.05, 3.63) is 120 Å². The first kappa shape index (κ1) is 38.8. The molecule has 1 heterocycles. The predicted octanol–water partition coefficient (Wildman–Crippen LogP) is 5.44. The van der Waals surface area contributed by atoms with Gasteiger partial charge in [-0.25, -0.2) is 4.79 Å². The molecule has 1 aliphatic rings. The molecule has 0 spiro atoms. The summed E-state index contributed by atoms with van der Waals surface area (Å²) >= 11 is 0. The topological polar surface area (TPSA) is 143 Å². The molecule has 4 atom stereocenters. The third-order valence-corrected chi connectivity index (χ3v) is 8.87. The number of esters is 1. The van der Waals surface area contributed by atoms with Crippen LogP contribution in [0.15, 0.2) is 103 Å². The highest BCUT2D eigenvalue weighted by Gasteiger charge is 2.27. The summed E-state index contributed by atoms with van der Waals surface area (Å²) in [6.07, 6.45) is 7.65. The largest absolute Gasteiger partial charge is 0.463 e. The van der Waals surface area contributed by atoms with Crippen molar-refractivity contribution in [3.8, 4) is 0 Å². The van der Waals surface area contributed by atoms with Gasteiger partial charge in [0.1, 0.15) is 13.2 Å². The highest BCUT2D eigenvalue weighted by atomic mass is 16.5. The van der Waals surface area contributed by atoms with Crippen molar-refractivity contribution in [1.29, 1.82) is 0 Å². The van der Waals surface area contributed by atoms with Gasteiger partial charge in [0.15, 0.2) is 0 Å². The molecule has 4 N–H and O–H groups in total. The summed E-state index contributed by atoms with van der Waals surface area (Å²) in [5.74, 6) is -1.93. The maximum absolute atomic E-state index is 13.7. The van der Waals surface area contributed by atoms with Crippen LogP contribution >= 0.6 is 0 Å². The molecular formula is C41H51N3O7. The van der Waals surface area contributed by atoms with Crippen LogP contribution < -0.4 is 16.0 Å². The summed E-state index contributed by atoms with van der Waals surface area (Å²) in [5.41, 5.74) is 2.93. The molecule has 10 nitrogen and oxygen atoms in total. The summed E-state index contributed by atoms with van der Waals surface area (Å²) in [5, 5.41) is 18.7. The van der Waals surface area contributed by atoms with Crippen LogP contribution in [-0.4, -0.2) is 60.8 Å². The molecule has 0 saturated carbocycles. The molecule has 51 heavy (non-hydrogen) atoms. The Morgan fingerprint density at radius 1 is 0.863 bits per heavy atom. The highest BCUT2D eigenvalue weighted by Crippen LogP contribution is 2.20. The minimum Gasteiger partial charge on any atom is -0.463 e. The Bertz CT molecular complexity index is 1520. The Balaban J connectivity index is 1.36. The summed E-state index contributed by atoms with van der Waals surface area (Å²) in [6, 6.07) is 27.9.